The fourth-order valence-electron chi connectivity index (χ4n) is 2.03. The minimum Gasteiger partial charge on any atom is -0.297 e. The minimum atomic E-state index is -0.172. The van der Waals surface area contributed by atoms with E-state index < -0.39 is 0 Å². The van der Waals surface area contributed by atoms with Gasteiger partial charge in [-0.15, -0.1) is 0 Å². The summed E-state index contributed by atoms with van der Waals surface area (Å²) in [6.07, 6.45) is 2.19. The highest BCUT2D eigenvalue weighted by Crippen LogP contribution is 2.30. The number of carbonyl (C=O) groups is 1. The first kappa shape index (κ1) is 9.72. The van der Waals surface area contributed by atoms with Crippen molar-refractivity contribution in [2.45, 2.75) is 39.2 Å². The third-order valence-corrected chi connectivity index (χ3v) is 3.05. The highest BCUT2D eigenvalue weighted by atomic mass is 16.1. The van der Waals surface area contributed by atoms with E-state index in [0.29, 0.717) is 5.78 Å². The van der Waals surface area contributed by atoms with Gasteiger partial charge in [0.25, 0.3) is 0 Å². The summed E-state index contributed by atoms with van der Waals surface area (Å²) in [6.45, 7) is 7.11. The molecule has 0 N–H and O–H groups in total. The maximum atomic E-state index is 11.8. The zero-order valence-corrected chi connectivity index (χ0v) is 8.55. The van der Waals surface area contributed by atoms with Crippen LogP contribution in [0.3, 0.4) is 0 Å². The molecular weight excluding hydrogens is 150 g/mol. The molecule has 1 heterocycles. The van der Waals surface area contributed by atoms with Crippen molar-refractivity contribution in [1.29, 1.82) is 0 Å². The number of carbonyl (C=O) groups excluding carboxylic acids is 1. The Kier molecular flexibility index (Phi) is 2.57. The molecule has 2 nitrogen and oxygen atoms in total. The number of rotatable bonds is 2. The topological polar surface area (TPSA) is 20.3 Å². The van der Waals surface area contributed by atoms with E-state index in [9.17, 15) is 4.79 Å². The summed E-state index contributed by atoms with van der Waals surface area (Å²) < 4.78 is 0. The minimum absolute atomic E-state index is 0.163. The standard InChI is InChI=1S/C10H19NO/c1-8(2)9(12)10(3)6-5-7-11(10)4/h8H,5-7H2,1-4H3. The van der Waals surface area contributed by atoms with E-state index in [2.05, 4.69) is 11.8 Å². The molecule has 0 aromatic heterocycles. The largest absolute Gasteiger partial charge is 0.297 e. The normalized spacial score (nSPS) is 31.4. The Morgan fingerprint density at radius 2 is 2.08 bits per heavy atom. The lowest BCUT2D eigenvalue weighted by Crippen LogP contribution is -2.47. The van der Waals surface area contributed by atoms with Crippen molar-refractivity contribution in [1.82, 2.24) is 4.90 Å². The predicted octanol–water partition coefficient (Wildman–Crippen LogP) is 1.70. The number of ketones is 1. The Morgan fingerprint density at radius 1 is 1.50 bits per heavy atom. The summed E-state index contributed by atoms with van der Waals surface area (Å²) in [5.41, 5.74) is -0.172. The molecule has 0 aromatic carbocycles. The molecule has 0 bridgehead atoms. The Balaban J connectivity index is 2.77. The predicted molar refractivity (Wildman–Crippen MR) is 50.1 cm³/mol. The lowest BCUT2D eigenvalue weighted by molar-refractivity contribution is -0.131. The molecule has 0 saturated carbocycles. The molecule has 1 unspecified atom stereocenters. The van der Waals surface area contributed by atoms with Gasteiger partial charge >= 0.3 is 0 Å². The first-order chi connectivity index (χ1) is 5.48. The highest BCUT2D eigenvalue weighted by molar-refractivity contribution is 5.89. The van der Waals surface area contributed by atoms with Crippen molar-refractivity contribution >= 4 is 5.78 Å². The van der Waals surface area contributed by atoms with Crippen molar-refractivity contribution in [3.63, 3.8) is 0 Å². The van der Waals surface area contributed by atoms with Crippen molar-refractivity contribution < 1.29 is 4.79 Å². The van der Waals surface area contributed by atoms with E-state index in [-0.39, 0.29) is 11.5 Å². The average Bonchev–Trinajstić information content (AvgIpc) is 2.32. The number of hydrogen-bond acceptors (Lipinski definition) is 2. The maximum Gasteiger partial charge on any atom is 0.155 e. The molecule has 0 spiro atoms. The molecule has 70 valence electrons. The van der Waals surface area contributed by atoms with E-state index in [1.54, 1.807) is 0 Å². The number of nitrogens with zero attached hydrogens (tertiary/aromatic N) is 1. The van der Waals surface area contributed by atoms with Gasteiger partial charge < -0.3 is 0 Å². The van der Waals surface area contributed by atoms with Gasteiger partial charge in [-0.3, -0.25) is 9.69 Å². The second-order valence-corrected chi connectivity index (χ2v) is 4.32. The highest BCUT2D eigenvalue weighted by Gasteiger charge is 2.41. The first-order valence-electron chi connectivity index (χ1n) is 4.74. The molecule has 0 amide bonds. The fourth-order valence-corrected chi connectivity index (χ4v) is 2.03. The number of hydrogen-bond donors (Lipinski definition) is 0. The maximum absolute atomic E-state index is 11.8. The third-order valence-electron chi connectivity index (χ3n) is 3.05. The van der Waals surface area contributed by atoms with Crippen LogP contribution >= 0.6 is 0 Å². The van der Waals surface area contributed by atoms with Crippen LogP contribution in [-0.4, -0.2) is 29.8 Å². The molecule has 1 aliphatic heterocycles. The molecule has 0 aliphatic carbocycles. The van der Waals surface area contributed by atoms with Crippen molar-refractivity contribution in [2.24, 2.45) is 5.92 Å². The Labute approximate surface area is 74.9 Å². The van der Waals surface area contributed by atoms with Crippen LogP contribution in [0.2, 0.25) is 0 Å². The summed E-state index contributed by atoms with van der Waals surface area (Å²) in [5.74, 6) is 0.554. The SMILES string of the molecule is CC(C)C(=O)C1(C)CCCN1C. The van der Waals surface area contributed by atoms with Crippen LogP contribution in [0.15, 0.2) is 0 Å². The van der Waals surface area contributed by atoms with Crippen LogP contribution in [0.25, 0.3) is 0 Å². The average molecular weight is 169 g/mol. The van der Waals surface area contributed by atoms with Gasteiger partial charge in [-0.1, -0.05) is 13.8 Å². The first-order valence-corrected chi connectivity index (χ1v) is 4.74. The van der Waals surface area contributed by atoms with Crippen LogP contribution in [0.4, 0.5) is 0 Å². The van der Waals surface area contributed by atoms with Gasteiger partial charge in [0, 0.05) is 5.92 Å². The van der Waals surface area contributed by atoms with Crippen LogP contribution in [0.5, 0.6) is 0 Å². The van der Waals surface area contributed by atoms with Crippen LogP contribution < -0.4 is 0 Å². The molecule has 1 fully saturated rings. The molecule has 1 aliphatic rings. The molecule has 1 saturated heterocycles. The van der Waals surface area contributed by atoms with Gasteiger partial charge in [0.05, 0.1) is 5.54 Å². The smallest absolute Gasteiger partial charge is 0.155 e. The van der Waals surface area contributed by atoms with Gasteiger partial charge in [-0.25, -0.2) is 0 Å². The van der Waals surface area contributed by atoms with Crippen LogP contribution in [0.1, 0.15) is 33.6 Å². The Hall–Kier alpha value is -0.370. The number of likely N-dealkylation sites (tertiary alicyclic amines) is 1. The van der Waals surface area contributed by atoms with Gasteiger partial charge in [-0.05, 0) is 33.4 Å². The summed E-state index contributed by atoms with van der Waals surface area (Å²) in [7, 11) is 2.05. The molecule has 12 heavy (non-hydrogen) atoms. The molecular formula is C10H19NO. The van der Waals surface area contributed by atoms with Gasteiger partial charge in [0.2, 0.25) is 0 Å². The lowest BCUT2D eigenvalue weighted by Gasteiger charge is -2.32. The fraction of sp³-hybridized carbons (Fsp3) is 0.900. The van der Waals surface area contributed by atoms with E-state index >= 15 is 0 Å². The summed E-state index contributed by atoms with van der Waals surface area (Å²) >= 11 is 0. The van der Waals surface area contributed by atoms with E-state index in [1.807, 2.05) is 20.9 Å². The number of likely N-dealkylation sites (N-methyl/N-ethyl adjacent to an activating group) is 1. The Morgan fingerprint density at radius 3 is 2.42 bits per heavy atom. The van der Waals surface area contributed by atoms with E-state index in [0.717, 1.165) is 19.4 Å². The monoisotopic (exact) mass is 169 g/mol. The van der Waals surface area contributed by atoms with Gasteiger partial charge in [0.15, 0.2) is 5.78 Å². The third kappa shape index (κ3) is 1.40. The van der Waals surface area contributed by atoms with Gasteiger partial charge in [0.1, 0.15) is 0 Å². The zero-order chi connectivity index (χ0) is 9.35. The molecule has 2 heteroatoms. The summed E-state index contributed by atoms with van der Waals surface area (Å²) in [5, 5.41) is 0. The second-order valence-electron chi connectivity index (χ2n) is 4.32. The number of Topliss-reactive ketones (excluding diaryl/α,β-unsaturated/α-hetero) is 1. The van der Waals surface area contributed by atoms with Crippen molar-refractivity contribution in [3.8, 4) is 0 Å². The Bertz CT molecular complexity index is 188. The lowest BCUT2D eigenvalue weighted by atomic mass is 9.87. The second kappa shape index (κ2) is 3.17. The van der Waals surface area contributed by atoms with E-state index in [1.165, 1.54) is 0 Å². The van der Waals surface area contributed by atoms with Crippen LogP contribution in [-0.2, 0) is 4.79 Å². The molecule has 1 rings (SSSR count). The molecule has 0 aromatic rings. The quantitative estimate of drug-likeness (QED) is 0.627. The van der Waals surface area contributed by atoms with Crippen LogP contribution in [0, 0.1) is 5.92 Å². The van der Waals surface area contributed by atoms with Crippen molar-refractivity contribution in [2.75, 3.05) is 13.6 Å². The zero-order valence-electron chi connectivity index (χ0n) is 8.55. The summed E-state index contributed by atoms with van der Waals surface area (Å²) in [6, 6.07) is 0. The van der Waals surface area contributed by atoms with Gasteiger partial charge in [-0.2, -0.15) is 0 Å². The molecule has 1 atom stereocenters. The molecule has 0 radical (unpaired) electrons. The summed E-state index contributed by atoms with van der Waals surface area (Å²) in [4.78, 5) is 14.0. The van der Waals surface area contributed by atoms with Crippen molar-refractivity contribution in [3.05, 3.63) is 0 Å². The van der Waals surface area contributed by atoms with E-state index in [4.69, 9.17) is 0 Å².